The minimum Gasteiger partial charge on any atom is -0.494 e. The predicted molar refractivity (Wildman–Crippen MR) is 332 cm³/mol. The molecule has 8 rings (SSSR count). The van der Waals surface area contributed by atoms with Crippen LogP contribution in [-0.2, 0) is 10.8 Å². The Kier molecular flexibility index (Phi) is 22.6. The van der Waals surface area contributed by atoms with Crippen molar-refractivity contribution in [2.75, 3.05) is 13.2 Å². The van der Waals surface area contributed by atoms with E-state index in [-0.39, 0.29) is 10.8 Å². The molecule has 4 nitrogen and oxygen atoms in total. The van der Waals surface area contributed by atoms with Crippen molar-refractivity contribution in [2.24, 2.45) is 0 Å². The summed E-state index contributed by atoms with van der Waals surface area (Å²) in [5, 5.41) is 0. The molecule has 0 saturated heterocycles. The van der Waals surface area contributed by atoms with Crippen molar-refractivity contribution in [2.45, 2.75) is 245 Å². The molecule has 0 aliphatic heterocycles. The molecule has 0 N–H and O–H groups in total. The summed E-state index contributed by atoms with van der Waals surface area (Å²) in [6.07, 6.45) is 38.0. The molecule has 0 radical (unpaired) electrons. The molecule has 0 atom stereocenters. The summed E-state index contributed by atoms with van der Waals surface area (Å²) in [5.74, 6) is 8.12. The lowest BCUT2D eigenvalue weighted by Crippen LogP contribution is -2.25. The van der Waals surface area contributed by atoms with Crippen molar-refractivity contribution in [1.29, 1.82) is 0 Å². The Bertz CT molecular complexity index is 2810. The zero-order chi connectivity index (χ0) is 53.7. The van der Waals surface area contributed by atoms with Gasteiger partial charge in [-0.05, 0) is 131 Å². The standard InChI is InChI=1S/C72H96N2O2S/c1-7-13-19-23-27-31-45-71(46-32-28-24-20-14-8-2)65-51-55(35-39-61(65)63-41-37-57(53-67(63)71)75-49-17-11-5)59-43-44-60(70-69(59)73-77-74-70)56-36-40-62-64-42-38-58(76-50-18-12-6)54-68(64)72(66(62)52-56,47-33-29-25-21-15-9-3)48-34-30-26-22-16-10-4/h35-44,51-54H,7-11,13-17,19-34,45-50H2,1-6H3. The van der Waals surface area contributed by atoms with E-state index in [0.29, 0.717) is 6.61 Å². The monoisotopic (exact) mass is 1050 g/mol. The maximum atomic E-state index is 6.50. The van der Waals surface area contributed by atoms with Crippen LogP contribution in [0.1, 0.15) is 256 Å². The molecule has 0 unspecified atom stereocenters. The van der Waals surface area contributed by atoms with Crippen LogP contribution >= 0.6 is 11.7 Å². The summed E-state index contributed by atoms with van der Waals surface area (Å²) < 4.78 is 23.2. The topological polar surface area (TPSA) is 44.2 Å². The van der Waals surface area contributed by atoms with Gasteiger partial charge >= 0.3 is 0 Å². The van der Waals surface area contributed by atoms with Gasteiger partial charge in [0, 0.05) is 22.0 Å². The highest BCUT2D eigenvalue weighted by Gasteiger charge is 2.44. The highest BCUT2D eigenvalue weighted by atomic mass is 32.1. The van der Waals surface area contributed by atoms with E-state index >= 15 is 0 Å². The van der Waals surface area contributed by atoms with Gasteiger partial charge in [-0.25, -0.2) is 0 Å². The third-order valence-electron chi connectivity index (χ3n) is 17.8. The van der Waals surface area contributed by atoms with Gasteiger partial charge in [-0.2, -0.15) is 8.75 Å². The minimum absolute atomic E-state index is 0.0598. The molecule has 77 heavy (non-hydrogen) atoms. The maximum absolute atomic E-state index is 6.50. The van der Waals surface area contributed by atoms with Crippen molar-refractivity contribution in [3.05, 3.63) is 107 Å². The Morgan fingerprint density at radius 2 is 0.714 bits per heavy atom. The van der Waals surface area contributed by atoms with Crippen LogP contribution in [0.15, 0.2) is 84.9 Å². The van der Waals surface area contributed by atoms with Crippen molar-refractivity contribution in [3.8, 4) is 67.8 Å². The molecular formula is C72H96N2O2S. The molecule has 412 valence electrons. The van der Waals surface area contributed by atoms with E-state index in [2.05, 4.69) is 131 Å². The average molecular weight is 1050 g/mol. The smallest absolute Gasteiger partial charge is 0.149 e. The Balaban J connectivity index is 1.18. The zero-order valence-corrected chi connectivity index (χ0v) is 49.6. The molecule has 2 aliphatic rings. The van der Waals surface area contributed by atoms with Crippen LogP contribution in [-0.4, -0.2) is 22.0 Å². The normalized spacial score (nSPS) is 13.5. The van der Waals surface area contributed by atoms with Gasteiger partial charge in [-0.3, -0.25) is 0 Å². The molecule has 1 aromatic heterocycles. The minimum atomic E-state index is -0.0900. The van der Waals surface area contributed by atoms with E-state index in [0.717, 1.165) is 54.8 Å². The third-order valence-corrected chi connectivity index (χ3v) is 18.3. The Hall–Kier alpha value is -4.92. The van der Waals surface area contributed by atoms with Crippen LogP contribution in [0, 0.1) is 11.8 Å². The second-order valence-electron chi connectivity index (χ2n) is 23.2. The summed E-state index contributed by atoms with van der Waals surface area (Å²) in [6.45, 7) is 14.6. The number of unbranched alkanes of at least 4 members (excludes halogenated alkanes) is 21. The fraction of sp³-hybridized carbons (Fsp3) is 0.556. The van der Waals surface area contributed by atoms with E-state index in [9.17, 15) is 0 Å². The van der Waals surface area contributed by atoms with Gasteiger partial charge in [0.2, 0.25) is 0 Å². The van der Waals surface area contributed by atoms with Gasteiger partial charge in [-0.1, -0.05) is 250 Å². The molecule has 2 aliphatic carbocycles. The van der Waals surface area contributed by atoms with E-state index < -0.39 is 0 Å². The van der Waals surface area contributed by atoms with E-state index in [4.69, 9.17) is 18.2 Å². The first kappa shape index (κ1) is 58.2. The van der Waals surface area contributed by atoms with Crippen molar-refractivity contribution >= 4 is 22.8 Å². The predicted octanol–water partition coefficient (Wildman–Crippen LogP) is 22.1. The van der Waals surface area contributed by atoms with Crippen LogP contribution in [0.3, 0.4) is 0 Å². The van der Waals surface area contributed by atoms with Gasteiger partial charge in [0.25, 0.3) is 0 Å². The van der Waals surface area contributed by atoms with Gasteiger partial charge in [0.15, 0.2) is 0 Å². The fourth-order valence-corrected chi connectivity index (χ4v) is 14.1. The molecule has 0 saturated carbocycles. The average Bonchev–Trinajstić information content (AvgIpc) is 4.34. The van der Waals surface area contributed by atoms with Crippen LogP contribution in [0.5, 0.6) is 11.5 Å². The van der Waals surface area contributed by atoms with E-state index in [1.54, 1.807) is 0 Å². The lowest BCUT2D eigenvalue weighted by atomic mass is 9.70. The van der Waals surface area contributed by atoms with Crippen molar-refractivity contribution in [3.63, 3.8) is 0 Å². The molecule has 5 aromatic carbocycles. The number of ether oxygens (including phenoxy) is 2. The largest absolute Gasteiger partial charge is 0.494 e. The van der Waals surface area contributed by atoms with E-state index in [1.807, 2.05) is 6.92 Å². The Morgan fingerprint density at radius 3 is 1.10 bits per heavy atom. The maximum Gasteiger partial charge on any atom is 0.149 e. The van der Waals surface area contributed by atoms with E-state index in [1.165, 1.54) is 245 Å². The number of hydrogen-bond acceptors (Lipinski definition) is 5. The number of nitrogens with zero attached hydrogens (tertiary/aromatic N) is 2. The second-order valence-corrected chi connectivity index (χ2v) is 23.7. The first-order valence-electron chi connectivity index (χ1n) is 31.5. The van der Waals surface area contributed by atoms with Gasteiger partial charge in [-0.15, -0.1) is 5.92 Å². The third kappa shape index (κ3) is 13.9. The zero-order valence-electron chi connectivity index (χ0n) is 48.8. The van der Waals surface area contributed by atoms with Crippen LogP contribution in [0.4, 0.5) is 0 Å². The van der Waals surface area contributed by atoms with Gasteiger partial charge < -0.3 is 9.47 Å². The first-order valence-corrected chi connectivity index (χ1v) is 32.2. The Morgan fingerprint density at radius 1 is 0.377 bits per heavy atom. The van der Waals surface area contributed by atoms with Gasteiger partial charge in [0.1, 0.15) is 29.1 Å². The summed E-state index contributed by atoms with van der Waals surface area (Å²) in [4.78, 5) is 0. The summed E-state index contributed by atoms with van der Waals surface area (Å²) in [6, 6.07) is 33.5. The summed E-state index contributed by atoms with van der Waals surface area (Å²) in [7, 11) is 0. The second kappa shape index (κ2) is 29.9. The van der Waals surface area contributed by atoms with Gasteiger partial charge in [0.05, 0.1) is 18.3 Å². The fourth-order valence-electron chi connectivity index (χ4n) is 13.5. The van der Waals surface area contributed by atoms with Crippen LogP contribution < -0.4 is 9.47 Å². The number of aromatic nitrogens is 2. The molecule has 6 aromatic rings. The molecule has 0 spiro atoms. The molecule has 1 heterocycles. The molecule has 5 heteroatoms. The summed E-state index contributed by atoms with van der Waals surface area (Å²) >= 11 is 1.36. The van der Waals surface area contributed by atoms with Crippen molar-refractivity contribution < 1.29 is 9.47 Å². The first-order chi connectivity index (χ1) is 38.0. The lowest BCUT2D eigenvalue weighted by Gasteiger charge is -2.33. The SMILES string of the molecule is CC#CCOc1ccc2c(c1)C(CCCCCCCC)(CCCCCCCC)c1cc(-c3ccc(-c4ccc5c(c4)C(CCCCCCCC)(CCCCCCCC)c4cc(OCCCC)ccc4-5)c4nsnc34)ccc1-2. The number of rotatable bonds is 36. The Labute approximate surface area is 471 Å². The number of benzene rings is 5. The van der Waals surface area contributed by atoms with Crippen molar-refractivity contribution in [1.82, 2.24) is 8.75 Å². The lowest BCUT2D eigenvalue weighted by molar-refractivity contribution is 0.308. The highest BCUT2D eigenvalue weighted by Crippen LogP contribution is 2.58. The molecule has 0 amide bonds. The molecular weight excluding hydrogens is 957 g/mol. The molecule has 0 bridgehead atoms. The highest BCUT2D eigenvalue weighted by molar-refractivity contribution is 7.00. The van der Waals surface area contributed by atoms with Crippen LogP contribution in [0.2, 0.25) is 0 Å². The number of fused-ring (bicyclic) bond motifs is 7. The number of hydrogen-bond donors (Lipinski definition) is 0. The quantitative estimate of drug-likeness (QED) is 0.0291. The van der Waals surface area contributed by atoms with Crippen LogP contribution in [0.25, 0.3) is 55.5 Å². The molecule has 0 fully saturated rings. The summed E-state index contributed by atoms with van der Waals surface area (Å²) in [5.41, 5.74) is 18.2.